The topological polar surface area (TPSA) is 55.6 Å². The first kappa shape index (κ1) is 14.9. The van der Waals surface area contributed by atoms with Crippen molar-refractivity contribution in [1.29, 1.82) is 0 Å². The Hall–Kier alpha value is -1.55. The molecule has 20 heavy (non-hydrogen) atoms. The van der Waals surface area contributed by atoms with Gasteiger partial charge in [-0.15, -0.1) is 0 Å². The fourth-order valence-corrected chi connectivity index (χ4v) is 2.58. The van der Waals surface area contributed by atoms with Gasteiger partial charge in [0.1, 0.15) is 5.60 Å². The second kappa shape index (κ2) is 5.44. The van der Waals surface area contributed by atoms with E-state index in [4.69, 9.17) is 10.5 Å². The number of carbonyl (C=O) groups is 1. The van der Waals surface area contributed by atoms with Gasteiger partial charge in [0, 0.05) is 6.54 Å². The fraction of sp³-hybridized carbons (Fsp3) is 0.562. The number of nitrogens with two attached hydrogens (primary N) is 1. The summed E-state index contributed by atoms with van der Waals surface area (Å²) in [7, 11) is 0. The van der Waals surface area contributed by atoms with Gasteiger partial charge >= 0.3 is 6.09 Å². The number of benzene rings is 1. The Labute approximate surface area is 120 Å². The van der Waals surface area contributed by atoms with E-state index in [0.717, 1.165) is 18.5 Å². The predicted molar refractivity (Wildman–Crippen MR) is 81.1 cm³/mol. The van der Waals surface area contributed by atoms with Crippen molar-refractivity contribution in [2.75, 3.05) is 11.4 Å². The van der Waals surface area contributed by atoms with Crippen LogP contribution in [-0.4, -0.2) is 24.3 Å². The van der Waals surface area contributed by atoms with Crippen LogP contribution >= 0.6 is 0 Å². The van der Waals surface area contributed by atoms with Crippen molar-refractivity contribution in [3.8, 4) is 0 Å². The Balaban J connectivity index is 2.35. The standard InChI is InChI=1S/C16H24N2O2/c1-11-5-8-14-12(9-11)6-7-13(10-17)18(14)15(19)20-16(2,3)4/h5,8-9,13H,6-7,10,17H2,1-4H3/t13-/m0/s1. The number of fused-ring (bicyclic) bond motifs is 1. The van der Waals surface area contributed by atoms with E-state index in [-0.39, 0.29) is 12.1 Å². The second-order valence-corrected chi connectivity index (χ2v) is 6.41. The van der Waals surface area contributed by atoms with E-state index < -0.39 is 5.60 Å². The van der Waals surface area contributed by atoms with Gasteiger partial charge in [-0.2, -0.15) is 0 Å². The van der Waals surface area contributed by atoms with Crippen molar-refractivity contribution in [1.82, 2.24) is 0 Å². The zero-order valence-corrected chi connectivity index (χ0v) is 12.8. The normalized spacial score (nSPS) is 18.6. The molecule has 0 aromatic heterocycles. The van der Waals surface area contributed by atoms with Gasteiger partial charge in [-0.05, 0) is 52.2 Å². The summed E-state index contributed by atoms with van der Waals surface area (Å²) >= 11 is 0. The molecule has 0 spiro atoms. The Kier molecular flexibility index (Phi) is 4.04. The minimum absolute atomic E-state index is 0.0139. The lowest BCUT2D eigenvalue weighted by Crippen LogP contribution is -2.49. The van der Waals surface area contributed by atoms with Crippen molar-refractivity contribution in [3.05, 3.63) is 29.3 Å². The molecule has 1 amide bonds. The molecule has 1 aromatic rings. The molecule has 0 saturated carbocycles. The number of anilines is 1. The quantitative estimate of drug-likeness (QED) is 0.858. The van der Waals surface area contributed by atoms with Crippen LogP contribution in [0.4, 0.5) is 10.5 Å². The maximum Gasteiger partial charge on any atom is 0.415 e. The summed E-state index contributed by atoms with van der Waals surface area (Å²) < 4.78 is 5.53. The molecule has 2 rings (SSSR count). The molecule has 0 saturated heterocycles. The molecule has 1 aromatic carbocycles. The minimum atomic E-state index is -0.501. The number of hydrogen-bond donors (Lipinski definition) is 1. The highest BCUT2D eigenvalue weighted by molar-refractivity contribution is 5.90. The van der Waals surface area contributed by atoms with E-state index in [0.29, 0.717) is 6.54 Å². The van der Waals surface area contributed by atoms with Crippen LogP contribution in [0.1, 0.15) is 38.3 Å². The first-order valence-electron chi connectivity index (χ1n) is 7.13. The van der Waals surface area contributed by atoms with Crippen LogP contribution in [0.25, 0.3) is 0 Å². The zero-order valence-electron chi connectivity index (χ0n) is 12.8. The second-order valence-electron chi connectivity index (χ2n) is 6.41. The maximum atomic E-state index is 12.5. The summed E-state index contributed by atoms with van der Waals surface area (Å²) in [6.45, 7) is 8.15. The predicted octanol–water partition coefficient (Wildman–Crippen LogP) is 3.01. The molecule has 0 aliphatic carbocycles. The molecule has 1 heterocycles. The van der Waals surface area contributed by atoms with E-state index in [1.54, 1.807) is 4.90 Å². The van der Waals surface area contributed by atoms with E-state index in [1.165, 1.54) is 11.1 Å². The number of hydrogen-bond acceptors (Lipinski definition) is 3. The number of nitrogens with zero attached hydrogens (tertiary/aromatic N) is 1. The van der Waals surface area contributed by atoms with Crippen molar-refractivity contribution >= 4 is 11.8 Å². The van der Waals surface area contributed by atoms with Gasteiger partial charge < -0.3 is 10.5 Å². The third-order valence-electron chi connectivity index (χ3n) is 3.47. The molecular formula is C16H24N2O2. The molecule has 110 valence electrons. The highest BCUT2D eigenvalue weighted by Crippen LogP contribution is 2.32. The Bertz CT molecular complexity index is 506. The van der Waals surface area contributed by atoms with Gasteiger partial charge in [-0.3, -0.25) is 4.90 Å². The molecule has 2 N–H and O–H groups in total. The molecule has 1 aliphatic rings. The van der Waals surface area contributed by atoms with E-state index in [2.05, 4.69) is 13.0 Å². The molecule has 4 nitrogen and oxygen atoms in total. The monoisotopic (exact) mass is 276 g/mol. The lowest BCUT2D eigenvalue weighted by molar-refractivity contribution is 0.0561. The first-order chi connectivity index (χ1) is 9.31. The van der Waals surface area contributed by atoms with Crippen LogP contribution < -0.4 is 10.6 Å². The number of aryl methyl sites for hydroxylation is 2. The summed E-state index contributed by atoms with van der Waals surface area (Å²) in [4.78, 5) is 14.2. The van der Waals surface area contributed by atoms with Crippen LogP contribution in [0.5, 0.6) is 0 Å². The summed E-state index contributed by atoms with van der Waals surface area (Å²) in [6.07, 6.45) is 1.53. The van der Waals surface area contributed by atoms with Crippen LogP contribution in [-0.2, 0) is 11.2 Å². The molecular weight excluding hydrogens is 252 g/mol. The Morgan fingerprint density at radius 2 is 2.15 bits per heavy atom. The van der Waals surface area contributed by atoms with Crippen LogP contribution in [0.2, 0.25) is 0 Å². The molecule has 0 fully saturated rings. The number of carbonyl (C=O) groups excluding carboxylic acids is 1. The Morgan fingerprint density at radius 1 is 1.45 bits per heavy atom. The summed E-state index contributed by atoms with van der Waals surface area (Å²) in [6, 6.07) is 6.17. The lowest BCUT2D eigenvalue weighted by atomic mass is 9.95. The Morgan fingerprint density at radius 3 is 2.75 bits per heavy atom. The van der Waals surface area contributed by atoms with Gasteiger partial charge in [-0.1, -0.05) is 17.7 Å². The number of amides is 1. The largest absolute Gasteiger partial charge is 0.443 e. The van der Waals surface area contributed by atoms with Crippen LogP contribution in [0, 0.1) is 6.92 Å². The van der Waals surface area contributed by atoms with Gasteiger partial charge in [0.15, 0.2) is 0 Å². The van der Waals surface area contributed by atoms with Gasteiger partial charge in [-0.25, -0.2) is 4.79 Å². The highest BCUT2D eigenvalue weighted by atomic mass is 16.6. The van der Waals surface area contributed by atoms with E-state index in [1.807, 2.05) is 32.9 Å². The van der Waals surface area contributed by atoms with Crippen molar-refractivity contribution < 1.29 is 9.53 Å². The third-order valence-corrected chi connectivity index (χ3v) is 3.47. The first-order valence-corrected chi connectivity index (χ1v) is 7.13. The van der Waals surface area contributed by atoms with Gasteiger partial charge in [0.2, 0.25) is 0 Å². The van der Waals surface area contributed by atoms with E-state index in [9.17, 15) is 4.79 Å². The average molecular weight is 276 g/mol. The summed E-state index contributed by atoms with van der Waals surface area (Å²) in [5.41, 5.74) is 8.67. The molecule has 4 heteroatoms. The molecule has 0 radical (unpaired) electrons. The molecule has 1 aliphatic heterocycles. The number of ether oxygens (including phenoxy) is 1. The third kappa shape index (κ3) is 3.12. The zero-order chi connectivity index (χ0) is 14.9. The number of rotatable bonds is 1. The minimum Gasteiger partial charge on any atom is -0.443 e. The van der Waals surface area contributed by atoms with Gasteiger partial charge in [0.25, 0.3) is 0 Å². The van der Waals surface area contributed by atoms with Crippen molar-refractivity contribution in [2.45, 2.75) is 52.2 Å². The molecule has 1 atom stereocenters. The van der Waals surface area contributed by atoms with Crippen molar-refractivity contribution in [2.24, 2.45) is 5.73 Å². The van der Waals surface area contributed by atoms with Crippen LogP contribution in [0.15, 0.2) is 18.2 Å². The van der Waals surface area contributed by atoms with Gasteiger partial charge in [0.05, 0.1) is 11.7 Å². The molecule has 0 unspecified atom stereocenters. The van der Waals surface area contributed by atoms with E-state index >= 15 is 0 Å². The summed E-state index contributed by atoms with van der Waals surface area (Å²) in [5, 5.41) is 0. The summed E-state index contributed by atoms with van der Waals surface area (Å²) in [5.74, 6) is 0. The average Bonchev–Trinajstić information content (AvgIpc) is 2.34. The smallest absolute Gasteiger partial charge is 0.415 e. The SMILES string of the molecule is Cc1ccc2c(c1)CC[C@@H](CN)N2C(=O)OC(C)(C)C. The lowest BCUT2D eigenvalue weighted by Gasteiger charge is -2.37. The highest BCUT2D eigenvalue weighted by Gasteiger charge is 2.33. The molecule has 0 bridgehead atoms. The fourth-order valence-electron chi connectivity index (χ4n) is 2.58. The maximum absolute atomic E-state index is 12.5. The van der Waals surface area contributed by atoms with Crippen molar-refractivity contribution in [3.63, 3.8) is 0 Å². The van der Waals surface area contributed by atoms with Crippen LogP contribution in [0.3, 0.4) is 0 Å².